The number of halogens is 1. The van der Waals surface area contributed by atoms with Crippen molar-refractivity contribution in [1.29, 1.82) is 0 Å². The summed E-state index contributed by atoms with van der Waals surface area (Å²) in [6.07, 6.45) is 1.77. The van der Waals surface area contributed by atoms with Crippen LogP contribution in [0.3, 0.4) is 0 Å². The first-order chi connectivity index (χ1) is 15.7. The van der Waals surface area contributed by atoms with Gasteiger partial charge in [-0.2, -0.15) is 0 Å². The Balaban J connectivity index is 1.52. The summed E-state index contributed by atoms with van der Waals surface area (Å²) < 4.78 is 28.4. The molecule has 0 spiro atoms. The molecule has 7 nitrogen and oxygen atoms in total. The zero-order valence-corrected chi connectivity index (χ0v) is 19.3. The highest BCUT2D eigenvalue weighted by Gasteiger charge is 2.29. The summed E-state index contributed by atoms with van der Waals surface area (Å²) in [6, 6.07) is 17.8. The Bertz CT molecular complexity index is 1340. The highest BCUT2D eigenvalue weighted by Crippen LogP contribution is 2.30. The zero-order valence-electron chi connectivity index (χ0n) is 17.8. The third-order valence-corrected chi connectivity index (χ3v) is 7.03. The van der Waals surface area contributed by atoms with E-state index in [0.717, 1.165) is 12.8 Å². The van der Waals surface area contributed by atoms with E-state index in [9.17, 15) is 18.0 Å². The summed E-state index contributed by atoms with van der Waals surface area (Å²) in [5.74, 6) is -0.425. The molecule has 0 heterocycles. The lowest BCUT2D eigenvalue weighted by Crippen LogP contribution is -2.17. The van der Waals surface area contributed by atoms with E-state index in [4.69, 9.17) is 11.6 Å². The van der Waals surface area contributed by atoms with Gasteiger partial charge in [0.05, 0.1) is 15.6 Å². The van der Waals surface area contributed by atoms with Gasteiger partial charge in [0.15, 0.2) is 0 Å². The number of anilines is 3. The Morgan fingerprint density at radius 2 is 1.64 bits per heavy atom. The molecule has 0 saturated heterocycles. The average Bonchev–Trinajstić information content (AvgIpc) is 3.62. The first kappa shape index (κ1) is 22.8. The third-order valence-electron chi connectivity index (χ3n) is 5.19. The molecule has 3 aromatic rings. The van der Waals surface area contributed by atoms with Crippen LogP contribution in [0.2, 0.25) is 5.02 Å². The van der Waals surface area contributed by atoms with E-state index >= 15 is 0 Å². The lowest BCUT2D eigenvalue weighted by atomic mass is 10.1. The minimum absolute atomic E-state index is 0.0191. The molecule has 1 saturated carbocycles. The fourth-order valence-corrected chi connectivity index (χ4v) is 4.83. The summed E-state index contributed by atoms with van der Waals surface area (Å²) in [6.45, 7) is 1.67. The van der Waals surface area contributed by atoms with Crippen LogP contribution in [0.15, 0.2) is 71.6 Å². The molecule has 9 heteroatoms. The quantitative estimate of drug-likeness (QED) is 0.437. The summed E-state index contributed by atoms with van der Waals surface area (Å²) >= 11 is 6.08. The molecular weight excluding hydrogens is 462 g/mol. The molecule has 0 atom stereocenters. The van der Waals surface area contributed by atoms with Gasteiger partial charge in [-0.05, 0) is 67.8 Å². The van der Waals surface area contributed by atoms with E-state index in [0.29, 0.717) is 22.5 Å². The fraction of sp³-hybridized carbons (Fsp3) is 0.167. The van der Waals surface area contributed by atoms with Gasteiger partial charge in [-0.3, -0.25) is 14.3 Å². The number of benzene rings is 3. The maximum absolute atomic E-state index is 13.0. The first-order valence-electron chi connectivity index (χ1n) is 10.3. The molecule has 0 bridgehead atoms. The van der Waals surface area contributed by atoms with Gasteiger partial charge < -0.3 is 10.6 Å². The number of para-hydroxylation sites is 1. The average molecular weight is 484 g/mol. The van der Waals surface area contributed by atoms with Crippen LogP contribution in [0.5, 0.6) is 0 Å². The summed E-state index contributed by atoms with van der Waals surface area (Å²) in [5, 5.41) is 5.80. The predicted octanol–water partition coefficient (Wildman–Crippen LogP) is 5.05. The van der Waals surface area contributed by atoms with Crippen LogP contribution < -0.4 is 15.4 Å². The number of carbonyl (C=O) groups is 2. The van der Waals surface area contributed by atoms with E-state index in [2.05, 4.69) is 15.4 Å². The maximum atomic E-state index is 13.0. The zero-order chi connectivity index (χ0) is 23.6. The molecule has 170 valence electrons. The van der Waals surface area contributed by atoms with Crippen molar-refractivity contribution in [2.75, 3.05) is 15.4 Å². The number of carbonyl (C=O) groups excluding carboxylic acids is 2. The van der Waals surface area contributed by atoms with Gasteiger partial charge in [-0.15, -0.1) is 0 Å². The molecular formula is C24H22ClN3O4S. The number of hydrogen-bond donors (Lipinski definition) is 3. The van der Waals surface area contributed by atoms with Crippen molar-refractivity contribution < 1.29 is 18.0 Å². The minimum Gasteiger partial charge on any atom is -0.326 e. The van der Waals surface area contributed by atoms with Gasteiger partial charge in [0.25, 0.3) is 15.9 Å². The van der Waals surface area contributed by atoms with Crippen LogP contribution in [0.25, 0.3) is 0 Å². The molecule has 3 aromatic carbocycles. The Morgan fingerprint density at radius 1 is 0.909 bits per heavy atom. The second-order valence-electron chi connectivity index (χ2n) is 7.86. The van der Waals surface area contributed by atoms with Gasteiger partial charge in [0.2, 0.25) is 5.91 Å². The molecule has 4 rings (SSSR count). The van der Waals surface area contributed by atoms with Crippen LogP contribution in [0, 0.1) is 12.8 Å². The minimum atomic E-state index is -3.95. The van der Waals surface area contributed by atoms with E-state index in [1.165, 1.54) is 6.07 Å². The second kappa shape index (κ2) is 9.25. The van der Waals surface area contributed by atoms with E-state index in [1.54, 1.807) is 67.6 Å². The third kappa shape index (κ3) is 5.53. The largest absolute Gasteiger partial charge is 0.326 e. The number of hydrogen-bond acceptors (Lipinski definition) is 4. The molecule has 0 unspecified atom stereocenters. The van der Waals surface area contributed by atoms with E-state index < -0.39 is 15.9 Å². The van der Waals surface area contributed by atoms with Crippen molar-refractivity contribution in [3.8, 4) is 0 Å². The molecule has 2 amide bonds. The number of amides is 2. The van der Waals surface area contributed by atoms with Crippen molar-refractivity contribution in [2.24, 2.45) is 5.92 Å². The van der Waals surface area contributed by atoms with Crippen LogP contribution >= 0.6 is 11.6 Å². The van der Waals surface area contributed by atoms with Gasteiger partial charge >= 0.3 is 0 Å². The molecule has 0 aliphatic heterocycles. The highest BCUT2D eigenvalue weighted by atomic mass is 35.5. The molecule has 0 aromatic heterocycles. The van der Waals surface area contributed by atoms with Crippen LogP contribution in [-0.4, -0.2) is 20.2 Å². The SMILES string of the molecule is Cc1ccc(NC(=O)c2cccc(NC(=O)C3CC3)c2)cc1S(=O)(=O)Nc1ccccc1Cl. The van der Waals surface area contributed by atoms with Crippen LogP contribution in [-0.2, 0) is 14.8 Å². The first-order valence-corrected chi connectivity index (χ1v) is 12.2. The van der Waals surface area contributed by atoms with Gasteiger partial charge in [0, 0.05) is 22.9 Å². The van der Waals surface area contributed by atoms with Gasteiger partial charge in [-0.25, -0.2) is 8.42 Å². The lowest BCUT2D eigenvalue weighted by molar-refractivity contribution is -0.117. The van der Waals surface area contributed by atoms with Crippen LogP contribution in [0.4, 0.5) is 17.1 Å². The van der Waals surface area contributed by atoms with E-state index in [1.807, 2.05) is 0 Å². The van der Waals surface area contributed by atoms with Gasteiger partial charge in [0.1, 0.15) is 0 Å². The van der Waals surface area contributed by atoms with Crippen LogP contribution in [0.1, 0.15) is 28.8 Å². The van der Waals surface area contributed by atoms with Gasteiger partial charge in [-0.1, -0.05) is 35.9 Å². The maximum Gasteiger partial charge on any atom is 0.262 e. The lowest BCUT2D eigenvalue weighted by Gasteiger charge is -2.14. The smallest absolute Gasteiger partial charge is 0.262 e. The Morgan fingerprint density at radius 3 is 2.36 bits per heavy atom. The predicted molar refractivity (Wildman–Crippen MR) is 129 cm³/mol. The molecule has 0 radical (unpaired) electrons. The Labute approximate surface area is 197 Å². The number of aryl methyl sites for hydroxylation is 1. The van der Waals surface area contributed by atoms with Crippen molar-refractivity contribution in [3.05, 3.63) is 82.9 Å². The topological polar surface area (TPSA) is 104 Å². The summed E-state index contributed by atoms with van der Waals surface area (Å²) in [7, 11) is -3.95. The summed E-state index contributed by atoms with van der Waals surface area (Å²) in [4.78, 5) is 24.8. The van der Waals surface area contributed by atoms with Crippen molar-refractivity contribution in [3.63, 3.8) is 0 Å². The number of sulfonamides is 1. The van der Waals surface area contributed by atoms with Crippen molar-refractivity contribution >= 4 is 50.5 Å². The second-order valence-corrected chi connectivity index (χ2v) is 9.92. The summed E-state index contributed by atoms with van der Waals surface area (Å²) in [5.41, 5.74) is 1.96. The highest BCUT2D eigenvalue weighted by molar-refractivity contribution is 7.92. The number of rotatable bonds is 7. The fourth-order valence-electron chi connectivity index (χ4n) is 3.24. The molecule has 1 aliphatic rings. The Hall–Kier alpha value is -3.36. The molecule has 1 fully saturated rings. The number of nitrogens with one attached hydrogen (secondary N) is 3. The standard InChI is InChI=1S/C24H22ClN3O4S/c1-15-9-12-19(14-22(15)33(31,32)28-21-8-3-2-7-20(21)25)27-24(30)17-5-4-6-18(13-17)26-23(29)16-10-11-16/h2-9,12-14,16,28H,10-11H2,1H3,(H,26,29)(H,27,30). The molecule has 1 aliphatic carbocycles. The monoisotopic (exact) mass is 483 g/mol. The van der Waals surface area contributed by atoms with Crippen molar-refractivity contribution in [1.82, 2.24) is 0 Å². The van der Waals surface area contributed by atoms with E-state index in [-0.39, 0.29) is 27.4 Å². The molecule has 3 N–H and O–H groups in total. The van der Waals surface area contributed by atoms with Crippen molar-refractivity contribution in [2.45, 2.75) is 24.7 Å². The Kier molecular flexibility index (Phi) is 6.40. The molecule has 33 heavy (non-hydrogen) atoms. The normalized spacial score (nSPS) is 13.3.